The van der Waals surface area contributed by atoms with Crippen LogP contribution in [0.15, 0.2) is 42.5 Å². The molecule has 0 bridgehead atoms. The van der Waals surface area contributed by atoms with Gasteiger partial charge in [0.25, 0.3) is 0 Å². The first-order valence-corrected chi connectivity index (χ1v) is 9.40. The number of rotatable bonds is 9. The Balaban J connectivity index is 1.65. The van der Waals surface area contributed by atoms with Gasteiger partial charge in [-0.15, -0.1) is 0 Å². The number of halogens is 3. The van der Waals surface area contributed by atoms with Crippen LogP contribution in [-0.4, -0.2) is 30.9 Å². The lowest BCUT2D eigenvalue weighted by Gasteiger charge is -2.16. The van der Waals surface area contributed by atoms with E-state index in [0.717, 1.165) is 24.1 Å². The summed E-state index contributed by atoms with van der Waals surface area (Å²) in [4.78, 5) is 0. The maximum Gasteiger partial charge on any atom is 0.126 e. The van der Waals surface area contributed by atoms with Gasteiger partial charge in [-0.25, -0.2) is 0 Å². The van der Waals surface area contributed by atoms with Gasteiger partial charge in [-0.05, 0) is 42.3 Å². The van der Waals surface area contributed by atoms with Crippen LogP contribution in [0.5, 0.6) is 0 Å². The molecule has 0 aliphatic heterocycles. The van der Waals surface area contributed by atoms with Crippen molar-refractivity contribution in [3.05, 3.63) is 68.7 Å². The van der Waals surface area contributed by atoms with Crippen molar-refractivity contribution < 1.29 is 15.2 Å². The minimum absolute atomic E-state index is 0.0835. The SMILES string of the molecule is C[C@H](OC[C@H](O)C[NH2+]CCc1ccc(Cl)cc1Cl)c1ccc(Cl)cc1. The molecule has 0 spiro atoms. The monoisotopic (exact) mass is 402 g/mol. The summed E-state index contributed by atoms with van der Waals surface area (Å²) in [7, 11) is 0. The standard InChI is InChI=1S/C19H22Cl3NO2/c1-13(14-2-5-16(20)6-3-14)25-12-18(24)11-23-9-8-15-4-7-17(21)10-19(15)22/h2-7,10,13,18,23-24H,8-9,11-12H2,1H3/p+1/t13-,18+/m0/s1. The minimum Gasteiger partial charge on any atom is -0.385 e. The van der Waals surface area contributed by atoms with Crippen LogP contribution in [0.3, 0.4) is 0 Å². The second-order valence-electron chi connectivity index (χ2n) is 5.98. The Morgan fingerprint density at radius 3 is 2.40 bits per heavy atom. The van der Waals surface area contributed by atoms with Crippen LogP contribution in [-0.2, 0) is 11.2 Å². The number of benzene rings is 2. The number of ether oxygens (including phenoxy) is 1. The maximum atomic E-state index is 10.1. The Labute approximate surface area is 163 Å². The highest BCUT2D eigenvalue weighted by atomic mass is 35.5. The highest BCUT2D eigenvalue weighted by Gasteiger charge is 2.11. The number of hydrogen-bond donors (Lipinski definition) is 2. The van der Waals surface area contributed by atoms with Gasteiger partial charge in [0.1, 0.15) is 12.6 Å². The molecule has 0 aromatic heterocycles. The summed E-state index contributed by atoms with van der Waals surface area (Å²) in [6.45, 7) is 3.67. The summed E-state index contributed by atoms with van der Waals surface area (Å²) in [5, 5.41) is 14.1. The minimum atomic E-state index is -0.518. The van der Waals surface area contributed by atoms with Crippen molar-refractivity contribution in [2.45, 2.75) is 25.6 Å². The van der Waals surface area contributed by atoms with Crippen molar-refractivity contribution in [3.63, 3.8) is 0 Å². The fourth-order valence-corrected chi connectivity index (χ4v) is 3.07. The van der Waals surface area contributed by atoms with E-state index in [1.54, 1.807) is 6.07 Å². The zero-order valence-corrected chi connectivity index (χ0v) is 16.4. The zero-order chi connectivity index (χ0) is 18.2. The molecule has 2 rings (SSSR count). The molecule has 2 aromatic rings. The third-order valence-corrected chi connectivity index (χ3v) is 4.79. The highest BCUT2D eigenvalue weighted by Crippen LogP contribution is 2.21. The molecule has 0 heterocycles. The molecule has 3 nitrogen and oxygen atoms in total. The number of aliphatic hydroxyl groups is 1. The van der Waals surface area contributed by atoms with Crippen LogP contribution in [0.1, 0.15) is 24.2 Å². The molecule has 0 radical (unpaired) electrons. The quantitative estimate of drug-likeness (QED) is 0.624. The highest BCUT2D eigenvalue weighted by molar-refractivity contribution is 6.35. The van der Waals surface area contributed by atoms with Crippen LogP contribution in [0.25, 0.3) is 0 Å². The van der Waals surface area contributed by atoms with Gasteiger partial charge in [0.15, 0.2) is 0 Å². The van der Waals surface area contributed by atoms with Crippen molar-refractivity contribution in [3.8, 4) is 0 Å². The van der Waals surface area contributed by atoms with Gasteiger partial charge in [-0.2, -0.15) is 0 Å². The van der Waals surface area contributed by atoms with Gasteiger partial charge >= 0.3 is 0 Å². The summed E-state index contributed by atoms with van der Waals surface area (Å²) >= 11 is 17.9. The van der Waals surface area contributed by atoms with Crippen molar-refractivity contribution in [1.82, 2.24) is 0 Å². The van der Waals surface area contributed by atoms with E-state index < -0.39 is 6.10 Å². The lowest BCUT2D eigenvalue weighted by molar-refractivity contribution is -0.660. The molecule has 0 fully saturated rings. The smallest absolute Gasteiger partial charge is 0.126 e. The Kier molecular flexibility index (Phi) is 8.50. The maximum absolute atomic E-state index is 10.1. The van der Waals surface area contributed by atoms with Gasteiger partial charge < -0.3 is 15.2 Å². The van der Waals surface area contributed by atoms with Crippen molar-refractivity contribution >= 4 is 34.8 Å². The summed E-state index contributed by atoms with van der Waals surface area (Å²) < 4.78 is 5.73. The van der Waals surface area contributed by atoms with Crippen LogP contribution in [0.4, 0.5) is 0 Å². The van der Waals surface area contributed by atoms with E-state index in [4.69, 9.17) is 39.5 Å². The Hall–Kier alpha value is -0.810. The number of nitrogens with two attached hydrogens (primary N) is 1. The lowest BCUT2D eigenvalue weighted by Crippen LogP contribution is -2.87. The lowest BCUT2D eigenvalue weighted by atomic mass is 10.1. The predicted octanol–water partition coefficient (Wildman–Crippen LogP) is 3.89. The molecule has 0 unspecified atom stereocenters. The first kappa shape index (κ1) is 20.5. The summed E-state index contributed by atoms with van der Waals surface area (Å²) in [6.07, 6.45) is 0.223. The molecule has 2 atom stereocenters. The number of hydrogen-bond acceptors (Lipinski definition) is 2. The fourth-order valence-electron chi connectivity index (χ4n) is 2.45. The second-order valence-corrected chi connectivity index (χ2v) is 7.26. The molecule has 0 saturated carbocycles. The molecule has 3 N–H and O–H groups in total. The number of quaternary nitrogens is 1. The Bertz CT molecular complexity index is 664. The molecular formula is C19H23Cl3NO2+. The zero-order valence-electron chi connectivity index (χ0n) is 14.1. The van der Waals surface area contributed by atoms with E-state index in [2.05, 4.69) is 5.32 Å². The van der Waals surface area contributed by atoms with E-state index in [-0.39, 0.29) is 6.10 Å². The van der Waals surface area contributed by atoms with Crippen LogP contribution < -0.4 is 5.32 Å². The molecule has 0 aliphatic rings. The molecule has 0 amide bonds. The van der Waals surface area contributed by atoms with Crippen molar-refractivity contribution in [2.75, 3.05) is 19.7 Å². The van der Waals surface area contributed by atoms with Gasteiger partial charge in [0, 0.05) is 21.5 Å². The largest absolute Gasteiger partial charge is 0.385 e. The topological polar surface area (TPSA) is 46.1 Å². The molecular weight excluding hydrogens is 381 g/mol. The van der Waals surface area contributed by atoms with E-state index in [0.29, 0.717) is 28.2 Å². The average molecular weight is 404 g/mol. The average Bonchev–Trinajstić information content (AvgIpc) is 2.58. The van der Waals surface area contributed by atoms with E-state index in [1.165, 1.54) is 0 Å². The van der Waals surface area contributed by atoms with E-state index >= 15 is 0 Å². The van der Waals surface area contributed by atoms with Gasteiger partial charge in [0.05, 0.1) is 19.3 Å². The Morgan fingerprint density at radius 1 is 1.04 bits per heavy atom. The second kappa shape index (κ2) is 10.4. The third kappa shape index (κ3) is 7.14. The van der Waals surface area contributed by atoms with Gasteiger partial charge in [-0.1, -0.05) is 53.0 Å². The predicted molar refractivity (Wildman–Crippen MR) is 104 cm³/mol. The van der Waals surface area contributed by atoms with E-state index in [9.17, 15) is 5.11 Å². The van der Waals surface area contributed by atoms with Gasteiger partial charge in [0.2, 0.25) is 0 Å². The molecule has 0 saturated heterocycles. The van der Waals surface area contributed by atoms with E-state index in [1.807, 2.05) is 43.3 Å². The summed E-state index contributed by atoms with van der Waals surface area (Å²) in [5.41, 5.74) is 2.10. The van der Waals surface area contributed by atoms with Crippen LogP contribution in [0, 0.1) is 0 Å². The Morgan fingerprint density at radius 2 is 1.72 bits per heavy atom. The molecule has 136 valence electrons. The first-order chi connectivity index (χ1) is 12.0. The summed E-state index contributed by atoms with van der Waals surface area (Å²) in [5.74, 6) is 0. The first-order valence-electron chi connectivity index (χ1n) is 8.26. The fraction of sp³-hybridized carbons (Fsp3) is 0.368. The molecule has 2 aromatic carbocycles. The van der Waals surface area contributed by atoms with Crippen molar-refractivity contribution in [1.29, 1.82) is 0 Å². The van der Waals surface area contributed by atoms with Crippen molar-refractivity contribution in [2.24, 2.45) is 0 Å². The third-order valence-electron chi connectivity index (χ3n) is 3.95. The normalized spacial score (nSPS) is 13.6. The molecule has 6 heteroatoms. The van der Waals surface area contributed by atoms with Crippen LogP contribution in [0.2, 0.25) is 15.1 Å². The van der Waals surface area contributed by atoms with Crippen LogP contribution >= 0.6 is 34.8 Å². The summed E-state index contributed by atoms with van der Waals surface area (Å²) in [6, 6.07) is 13.1. The molecule has 0 aliphatic carbocycles. The molecule has 25 heavy (non-hydrogen) atoms. The number of aliphatic hydroxyl groups excluding tert-OH is 1. The van der Waals surface area contributed by atoms with Gasteiger partial charge in [-0.3, -0.25) is 0 Å².